The van der Waals surface area contributed by atoms with E-state index in [9.17, 15) is 4.39 Å². The fourth-order valence-electron chi connectivity index (χ4n) is 1.66. The summed E-state index contributed by atoms with van der Waals surface area (Å²) in [6, 6.07) is 14.3. The van der Waals surface area contributed by atoms with Crippen LogP contribution < -0.4 is 4.74 Å². The van der Waals surface area contributed by atoms with E-state index in [1.807, 2.05) is 30.3 Å². The van der Waals surface area contributed by atoms with E-state index in [1.54, 1.807) is 12.1 Å². The number of halogens is 1. The van der Waals surface area contributed by atoms with Crippen LogP contribution >= 0.6 is 0 Å². The minimum absolute atomic E-state index is 0.321. The van der Waals surface area contributed by atoms with Gasteiger partial charge in [-0.3, -0.25) is 0 Å². The summed E-state index contributed by atoms with van der Waals surface area (Å²) >= 11 is 0. The molecule has 0 aliphatic carbocycles. The largest absolute Gasteiger partial charge is 0.497 e. The zero-order chi connectivity index (χ0) is 12.3. The van der Waals surface area contributed by atoms with Crippen molar-refractivity contribution < 1.29 is 9.13 Å². The summed E-state index contributed by atoms with van der Waals surface area (Å²) in [6.45, 7) is 3.93. The van der Waals surface area contributed by atoms with Crippen molar-refractivity contribution in [3.63, 3.8) is 0 Å². The molecule has 0 N–H and O–H groups in total. The topological polar surface area (TPSA) is 9.23 Å². The number of methoxy groups -OCH3 is 1. The highest BCUT2D eigenvalue weighted by atomic mass is 19.1. The molecule has 2 rings (SSSR count). The molecule has 0 atom stereocenters. The van der Waals surface area contributed by atoms with Gasteiger partial charge in [0.05, 0.1) is 7.11 Å². The van der Waals surface area contributed by atoms with Crippen molar-refractivity contribution in [1.29, 1.82) is 0 Å². The van der Waals surface area contributed by atoms with E-state index in [2.05, 4.69) is 6.58 Å². The van der Waals surface area contributed by atoms with Crippen molar-refractivity contribution in [3.8, 4) is 5.75 Å². The third-order valence-electron chi connectivity index (χ3n) is 2.62. The SMILES string of the molecule is C=C(c1ccccc1)c1ccc(OC)cc1F. The Balaban J connectivity index is 2.38. The molecule has 0 aliphatic rings. The summed E-state index contributed by atoms with van der Waals surface area (Å²) in [7, 11) is 1.51. The van der Waals surface area contributed by atoms with Gasteiger partial charge < -0.3 is 4.74 Å². The smallest absolute Gasteiger partial charge is 0.134 e. The predicted octanol–water partition coefficient (Wildman–Crippen LogP) is 3.90. The molecule has 0 aromatic heterocycles. The molecule has 1 nitrogen and oxygen atoms in total. The monoisotopic (exact) mass is 228 g/mol. The molecule has 0 bridgehead atoms. The lowest BCUT2D eigenvalue weighted by Gasteiger charge is -2.08. The van der Waals surface area contributed by atoms with E-state index in [-0.39, 0.29) is 5.82 Å². The molecule has 2 aromatic rings. The van der Waals surface area contributed by atoms with E-state index >= 15 is 0 Å². The molecule has 0 saturated heterocycles. The quantitative estimate of drug-likeness (QED) is 0.774. The zero-order valence-electron chi connectivity index (χ0n) is 9.61. The fourth-order valence-corrected chi connectivity index (χ4v) is 1.66. The second-order valence-corrected chi connectivity index (χ2v) is 3.69. The Morgan fingerprint density at radius 2 is 1.82 bits per heavy atom. The average Bonchev–Trinajstić information content (AvgIpc) is 2.39. The van der Waals surface area contributed by atoms with Crippen LogP contribution in [0.3, 0.4) is 0 Å². The Hall–Kier alpha value is -2.09. The summed E-state index contributed by atoms with van der Waals surface area (Å²) in [4.78, 5) is 0. The van der Waals surface area contributed by atoms with Gasteiger partial charge in [-0.2, -0.15) is 0 Å². The highest BCUT2D eigenvalue weighted by Gasteiger charge is 2.08. The van der Waals surface area contributed by atoms with E-state index in [1.165, 1.54) is 13.2 Å². The molecule has 2 heteroatoms. The highest BCUT2D eigenvalue weighted by Crippen LogP contribution is 2.26. The van der Waals surface area contributed by atoms with Gasteiger partial charge in [0.2, 0.25) is 0 Å². The van der Waals surface area contributed by atoms with Gasteiger partial charge in [-0.1, -0.05) is 36.9 Å². The second-order valence-electron chi connectivity index (χ2n) is 3.69. The van der Waals surface area contributed by atoms with Crippen molar-refractivity contribution in [2.45, 2.75) is 0 Å². The molecule has 0 saturated carbocycles. The van der Waals surface area contributed by atoms with Gasteiger partial charge in [-0.25, -0.2) is 4.39 Å². The molecule has 0 radical (unpaired) electrons. The van der Waals surface area contributed by atoms with Crippen molar-refractivity contribution in [1.82, 2.24) is 0 Å². The van der Waals surface area contributed by atoms with Crippen molar-refractivity contribution in [2.24, 2.45) is 0 Å². The maximum absolute atomic E-state index is 13.8. The van der Waals surface area contributed by atoms with Gasteiger partial charge in [-0.15, -0.1) is 0 Å². The first-order valence-electron chi connectivity index (χ1n) is 5.30. The minimum Gasteiger partial charge on any atom is -0.497 e. The molecule has 86 valence electrons. The van der Waals surface area contributed by atoms with Crippen LogP contribution in [0.5, 0.6) is 5.75 Å². The predicted molar refractivity (Wildman–Crippen MR) is 67.5 cm³/mol. The molecule has 0 aliphatic heterocycles. The van der Waals surface area contributed by atoms with Gasteiger partial charge in [0, 0.05) is 11.6 Å². The normalized spacial score (nSPS) is 10.0. The van der Waals surface area contributed by atoms with Crippen LogP contribution in [-0.4, -0.2) is 7.11 Å². The van der Waals surface area contributed by atoms with Gasteiger partial charge in [0.25, 0.3) is 0 Å². The Morgan fingerprint density at radius 1 is 1.12 bits per heavy atom. The van der Waals surface area contributed by atoms with Crippen molar-refractivity contribution in [3.05, 3.63) is 72.1 Å². The molecule has 0 heterocycles. The van der Waals surface area contributed by atoms with Gasteiger partial charge in [-0.05, 0) is 23.3 Å². The molecule has 0 unspecified atom stereocenters. The molecule has 0 spiro atoms. The Bertz CT molecular complexity index is 532. The Kier molecular flexibility index (Phi) is 3.24. The summed E-state index contributed by atoms with van der Waals surface area (Å²) in [5, 5.41) is 0. The summed E-state index contributed by atoms with van der Waals surface area (Å²) in [5.74, 6) is 0.185. The standard InChI is InChI=1S/C15H13FO/c1-11(12-6-4-3-5-7-12)14-9-8-13(17-2)10-15(14)16/h3-10H,1H2,2H3. The van der Waals surface area contributed by atoms with Crippen LogP contribution in [0.4, 0.5) is 4.39 Å². The highest BCUT2D eigenvalue weighted by molar-refractivity contribution is 5.78. The van der Waals surface area contributed by atoms with Crippen molar-refractivity contribution >= 4 is 5.57 Å². The molecular formula is C15H13FO. The Morgan fingerprint density at radius 3 is 2.41 bits per heavy atom. The molecule has 17 heavy (non-hydrogen) atoms. The lowest BCUT2D eigenvalue weighted by Crippen LogP contribution is -1.92. The maximum atomic E-state index is 13.8. The van der Waals surface area contributed by atoms with E-state index < -0.39 is 0 Å². The van der Waals surface area contributed by atoms with Gasteiger partial charge >= 0.3 is 0 Å². The fraction of sp³-hybridized carbons (Fsp3) is 0.0667. The van der Waals surface area contributed by atoms with Crippen LogP contribution in [0.15, 0.2) is 55.1 Å². The number of hydrogen-bond acceptors (Lipinski definition) is 1. The lowest BCUT2D eigenvalue weighted by atomic mass is 9.99. The minimum atomic E-state index is -0.321. The lowest BCUT2D eigenvalue weighted by molar-refractivity contribution is 0.411. The molecule has 0 amide bonds. The van der Waals surface area contributed by atoms with Crippen LogP contribution in [0.2, 0.25) is 0 Å². The zero-order valence-corrected chi connectivity index (χ0v) is 9.61. The number of benzene rings is 2. The first kappa shape index (κ1) is 11.4. The first-order chi connectivity index (χ1) is 8.22. The second kappa shape index (κ2) is 4.83. The van der Waals surface area contributed by atoms with E-state index in [0.717, 1.165) is 5.56 Å². The van der Waals surface area contributed by atoms with Gasteiger partial charge in [0.1, 0.15) is 11.6 Å². The first-order valence-corrected chi connectivity index (χ1v) is 5.30. The van der Waals surface area contributed by atoms with E-state index in [4.69, 9.17) is 4.74 Å². The van der Waals surface area contributed by atoms with Crippen LogP contribution in [0.1, 0.15) is 11.1 Å². The maximum Gasteiger partial charge on any atom is 0.134 e. The number of rotatable bonds is 3. The Labute approximate surface area is 100 Å². The van der Waals surface area contributed by atoms with Crippen LogP contribution in [0.25, 0.3) is 5.57 Å². The number of hydrogen-bond donors (Lipinski definition) is 0. The molecule has 0 fully saturated rings. The number of ether oxygens (including phenoxy) is 1. The van der Waals surface area contributed by atoms with Crippen LogP contribution in [-0.2, 0) is 0 Å². The summed E-state index contributed by atoms with van der Waals surface area (Å²) < 4.78 is 18.8. The summed E-state index contributed by atoms with van der Waals surface area (Å²) in [5.41, 5.74) is 2.08. The van der Waals surface area contributed by atoms with Gasteiger partial charge in [0.15, 0.2) is 0 Å². The molecular weight excluding hydrogens is 215 g/mol. The molecule has 2 aromatic carbocycles. The third-order valence-corrected chi connectivity index (χ3v) is 2.62. The summed E-state index contributed by atoms with van der Waals surface area (Å²) in [6.07, 6.45) is 0. The average molecular weight is 228 g/mol. The van der Waals surface area contributed by atoms with E-state index in [0.29, 0.717) is 16.9 Å². The van der Waals surface area contributed by atoms with Crippen molar-refractivity contribution in [2.75, 3.05) is 7.11 Å². The third kappa shape index (κ3) is 2.36. The van der Waals surface area contributed by atoms with Crippen LogP contribution in [0, 0.1) is 5.82 Å².